The van der Waals surface area contributed by atoms with Gasteiger partial charge in [0.15, 0.2) is 5.78 Å². The topological polar surface area (TPSA) is 67.5 Å². The van der Waals surface area contributed by atoms with Gasteiger partial charge in [0.1, 0.15) is 0 Å². The number of carbonyl (C=O) groups excluding carboxylic acids is 1. The molecule has 3 fully saturated rings. The molecule has 1 N–H and O–H groups in total. The van der Waals surface area contributed by atoms with Crippen LogP contribution in [-0.4, -0.2) is 16.5 Å². The van der Waals surface area contributed by atoms with Gasteiger partial charge in [0.25, 0.3) is 0 Å². The van der Waals surface area contributed by atoms with Crippen LogP contribution in [0.15, 0.2) is 39.3 Å². The lowest BCUT2D eigenvalue weighted by Gasteiger charge is -2.61. The normalized spacial score (nSPS) is 45.0. The van der Waals surface area contributed by atoms with Crippen LogP contribution in [0, 0.1) is 22.7 Å². The molecule has 28 heavy (non-hydrogen) atoms. The summed E-state index contributed by atoms with van der Waals surface area (Å²) in [5, 5.41) is 12.1. The fourth-order valence-corrected chi connectivity index (χ4v) is 7.63. The van der Waals surface area contributed by atoms with Crippen LogP contribution in [0.25, 0.3) is 0 Å². The summed E-state index contributed by atoms with van der Waals surface area (Å²) in [6, 6.07) is 3.38. The average molecular weight is 383 g/mol. The van der Waals surface area contributed by atoms with E-state index in [0.29, 0.717) is 12.3 Å². The number of ketones is 1. The molecule has 0 saturated heterocycles. The molecule has 3 saturated carbocycles. The zero-order valence-electron chi connectivity index (χ0n) is 16.9. The smallest absolute Gasteiger partial charge is 0.335 e. The van der Waals surface area contributed by atoms with Crippen LogP contribution in [-0.2, 0) is 4.79 Å². The lowest BCUT2D eigenvalue weighted by molar-refractivity contribution is -0.177. The maximum Gasteiger partial charge on any atom is 0.335 e. The van der Waals surface area contributed by atoms with Crippen molar-refractivity contribution >= 4 is 5.78 Å². The molecule has 5 rings (SSSR count). The molecule has 1 aromatic rings. The van der Waals surface area contributed by atoms with Crippen LogP contribution in [0.4, 0.5) is 0 Å². The van der Waals surface area contributed by atoms with Crippen LogP contribution in [0.3, 0.4) is 0 Å². The fraction of sp³-hybridized carbons (Fsp3) is 0.667. The van der Waals surface area contributed by atoms with Crippen LogP contribution in [0.1, 0.15) is 76.7 Å². The summed E-state index contributed by atoms with van der Waals surface area (Å²) in [6.07, 6.45) is 10.8. The minimum absolute atomic E-state index is 0.0610. The lowest BCUT2D eigenvalue weighted by atomic mass is 9.45. The zero-order chi connectivity index (χ0) is 19.7. The van der Waals surface area contributed by atoms with Gasteiger partial charge >= 0.3 is 5.63 Å². The summed E-state index contributed by atoms with van der Waals surface area (Å²) in [7, 11) is 0. The second kappa shape index (κ2) is 5.91. The number of carbonyl (C=O) groups is 1. The first-order chi connectivity index (χ1) is 13.3. The summed E-state index contributed by atoms with van der Waals surface area (Å²) in [5.41, 5.74) is 1.23. The summed E-state index contributed by atoms with van der Waals surface area (Å²) < 4.78 is 5.16. The predicted octanol–water partition coefficient (Wildman–Crippen LogP) is 4.37. The molecule has 1 aromatic heterocycles. The highest BCUT2D eigenvalue weighted by molar-refractivity contribution is 5.91. The molecule has 6 atom stereocenters. The number of fused-ring (bicyclic) bond motifs is 5. The number of aliphatic hydroxyl groups is 1. The number of allylic oxidation sites excluding steroid dienone is 1. The Kier molecular flexibility index (Phi) is 3.88. The number of rotatable bonds is 1. The predicted molar refractivity (Wildman–Crippen MR) is 106 cm³/mol. The molecule has 150 valence electrons. The van der Waals surface area contributed by atoms with Crippen molar-refractivity contribution in [3.8, 4) is 0 Å². The third-order valence-electron chi connectivity index (χ3n) is 9.27. The molecule has 4 aliphatic rings. The monoisotopic (exact) mass is 382 g/mol. The zero-order valence-corrected chi connectivity index (χ0v) is 16.9. The van der Waals surface area contributed by atoms with Crippen molar-refractivity contribution in [1.29, 1.82) is 0 Å². The van der Waals surface area contributed by atoms with E-state index in [9.17, 15) is 14.7 Å². The molecular weight excluding hydrogens is 352 g/mol. The number of hydrogen-bond donors (Lipinski definition) is 1. The molecule has 0 bridgehead atoms. The lowest BCUT2D eigenvalue weighted by Crippen LogP contribution is -2.60. The molecule has 5 unspecified atom stereocenters. The largest absolute Gasteiger partial charge is 0.431 e. The molecular formula is C24H30O4. The number of hydrogen-bond acceptors (Lipinski definition) is 4. The van der Waals surface area contributed by atoms with Crippen molar-refractivity contribution in [2.45, 2.75) is 76.7 Å². The van der Waals surface area contributed by atoms with E-state index in [1.165, 1.54) is 11.6 Å². The van der Waals surface area contributed by atoms with Gasteiger partial charge in [-0.15, -0.1) is 0 Å². The Labute approximate surface area is 166 Å². The Bertz CT molecular complexity index is 893. The van der Waals surface area contributed by atoms with E-state index in [1.54, 1.807) is 6.26 Å². The van der Waals surface area contributed by atoms with Crippen molar-refractivity contribution in [3.63, 3.8) is 0 Å². The first-order valence-electron chi connectivity index (χ1n) is 10.8. The van der Waals surface area contributed by atoms with Crippen LogP contribution in [0.5, 0.6) is 0 Å². The van der Waals surface area contributed by atoms with Gasteiger partial charge in [0, 0.05) is 17.9 Å². The molecule has 0 aromatic carbocycles. The highest BCUT2D eigenvalue weighted by Gasteiger charge is 2.66. The molecule has 4 heteroatoms. The maximum absolute atomic E-state index is 12.1. The standard InChI is InChI=1S/C24H30O4/c1-22-10-7-17(25)13-16(22)4-5-20-19(22)8-11-23(2)18(9-12-24(20,23)27)15-3-6-21(26)28-14-15/h3,6,13-14,18-20,27H,4-5,7-12H2,1-2H3/t18?,19?,20?,22-,23?,24?/m0/s1. The fourth-order valence-electron chi connectivity index (χ4n) is 7.63. The van der Waals surface area contributed by atoms with E-state index in [4.69, 9.17) is 4.42 Å². The summed E-state index contributed by atoms with van der Waals surface area (Å²) in [4.78, 5) is 23.4. The van der Waals surface area contributed by atoms with Gasteiger partial charge in [0.05, 0.1) is 11.9 Å². The van der Waals surface area contributed by atoms with Gasteiger partial charge in [-0.1, -0.05) is 19.4 Å². The first-order valence-corrected chi connectivity index (χ1v) is 10.8. The minimum Gasteiger partial charge on any atom is -0.431 e. The Balaban J connectivity index is 1.52. The highest BCUT2D eigenvalue weighted by atomic mass is 16.4. The Morgan fingerprint density at radius 1 is 1.00 bits per heavy atom. The second-order valence-corrected chi connectivity index (χ2v) is 10.2. The SMILES string of the molecule is CC12CCC3C(CCC4=CC(=O)CC[C@@]43C)C1(O)CCC2c1ccc(=O)oc1. The Hall–Kier alpha value is -1.68. The van der Waals surface area contributed by atoms with Crippen molar-refractivity contribution in [2.75, 3.05) is 0 Å². The van der Waals surface area contributed by atoms with Gasteiger partial charge in [-0.2, -0.15) is 0 Å². The molecule has 0 amide bonds. The highest BCUT2D eigenvalue weighted by Crippen LogP contribution is 2.69. The molecule has 4 nitrogen and oxygen atoms in total. The van der Waals surface area contributed by atoms with Crippen LogP contribution in [0.2, 0.25) is 0 Å². The van der Waals surface area contributed by atoms with Gasteiger partial charge in [-0.3, -0.25) is 4.79 Å². The van der Waals surface area contributed by atoms with Gasteiger partial charge < -0.3 is 9.52 Å². The van der Waals surface area contributed by atoms with Crippen LogP contribution < -0.4 is 5.63 Å². The van der Waals surface area contributed by atoms with E-state index in [2.05, 4.69) is 13.8 Å². The molecule has 4 aliphatic carbocycles. The maximum atomic E-state index is 12.1. The van der Waals surface area contributed by atoms with E-state index < -0.39 is 5.60 Å². The van der Waals surface area contributed by atoms with Gasteiger partial charge in [0.2, 0.25) is 0 Å². The van der Waals surface area contributed by atoms with Crippen LogP contribution >= 0.6 is 0 Å². The average Bonchev–Trinajstić information content (AvgIpc) is 2.95. The molecule has 0 spiro atoms. The third kappa shape index (κ3) is 2.27. The Morgan fingerprint density at radius 3 is 2.57 bits per heavy atom. The van der Waals surface area contributed by atoms with E-state index in [-0.39, 0.29) is 34.1 Å². The summed E-state index contributed by atoms with van der Waals surface area (Å²) in [5.74, 6) is 1.23. The first kappa shape index (κ1) is 18.4. The van der Waals surface area contributed by atoms with Crippen molar-refractivity contribution in [3.05, 3.63) is 46.0 Å². The Morgan fingerprint density at radius 2 is 1.82 bits per heavy atom. The van der Waals surface area contributed by atoms with Crippen molar-refractivity contribution < 1.29 is 14.3 Å². The molecule has 0 radical (unpaired) electrons. The van der Waals surface area contributed by atoms with Gasteiger partial charge in [-0.25, -0.2) is 4.79 Å². The quantitative estimate of drug-likeness (QED) is 0.783. The van der Waals surface area contributed by atoms with Gasteiger partial charge in [-0.05, 0) is 85.8 Å². The second-order valence-electron chi connectivity index (χ2n) is 10.2. The van der Waals surface area contributed by atoms with E-state index in [1.807, 2.05) is 12.1 Å². The molecule has 0 aliphatic heterocycles. The van der Waals surface area contributed by atoms with E-state index in [0.717, 1.165) is 50.5 Å². The van der Waals surface area contributed by atoms with E-state index >= 15 is 0 Å². The minimum atomic E-state index is -0.688. The van der Waals surface area contributed by atoms with Crippen molar-refractivity contribution in [1.82, 2.24) is 0 Å². The van der Waals surface area contributed by atoms with Crippen molar-refractivity contribution in [2.24, 2.45) is 22.7 Å². The summed E-state index contributed by atoms with van der Waals surface area (Å²) in [6.45, 7) is 4.59. The molecule has 1 heterocycles. The third-order valence-corrected chi connectivity index (χ3v) is 9.27. The summed E-state index contributed by atoms with van der Waals surface area (Å²) >= 11 is 0.